The average Bonchev–Trinajstić information content (AvgIpc) is 3.00. The van der Waals surface area contributed by atoms with Gasteiger partial charge in [0.25, 0.3) is 0 Å². The number of rotatable bonds is 7. The first-order valence-corrected chi connectivity index (χ1v) is 8.35. The van der Waals surface area contributed by atoms with Crippen molar-refractivity contribution in [2.75, 3.05) is 13.2 Å². The summed E-state index contributed by atoms with van der Waals surface area (Å²) in [6.45, 7) is 5.96. The molecule has 5 heteroatoms. The van der Waals surface area contributed by atoms with Gasteiger partial charge in [-0.2, -0.15) is 0 Å². The lowest BCUT2D eigenvalue weighted by molar-refractivity contribution is -0.126. The minimum Gasteiger partial charge on any atom is -0.493 e. The van der Waals surface area contributed by atoms with E-state index in [0.29, 0.717) is 25.6 Å². The molecule has 0 spiro atoms. The monoisotopic (exact) mass is 340 g/mol. The molecule has 1 aliphatic rings. The number of nitrogens with one attached hydrogen (secondary N) is 1. The zero-order valence-corrected chi connectivity index (χ0v) is 15.0. The molecule has 1 aromatic carbocycles. The summed E-state index contributed by atoms with van der Waals surface area (Å²) in [6, 6.07) is 6.13. The van der Waals surface area contributed by atoms with E-state index >= 15 is 0 Å². The summed E-state index contributed by atoms with van der Waals surface area (Å²) < 4.78 is 5.80. The maximum Gasteiger partial charge on any atom is 0.223 e. The number of amides is 1. The Kier molecular flexibility index (Phi) is 8.42. The lowest BCUT2D eigenvalue weighted by Gasteiger charge is -2.18. The third kappa shape index (κ3) is 5.40. The number of benzene rings is 1. The van der Waals surface area contributed by atoms with E-state index in [1.54, 1.807) is 0 Å². The van der Waals surface area contributed by atoms with Gasteiger partial charge in [-0.3, -0.25) is 4.79 Å². The van der Waals surface area contributed by atoms with Gasteiger partial charge in [-0.15, -0.1) is 12.4 Å². The predicted octanol–water partition coefficient (Wildman–Crippen LogP) is 3.20. The summed E-state index contributed by atoms with van der Waals surface area (Å²) in [5.74, 6) is 1.43. The second kappa shape index (κ2) is 9.78. The Balaban J connectivity index is 0.00000264. The number of carbonyl (C=O) groups is 1. The number of ether oxygens (including phenoxy) is 1. The highest BCUT2D eigenvalue weighted by molar-refractivity contribution is 5.85. The van der Waals surface area contributed by atoms with Crippen LogP contribution in [0.1, 0.15) is 43.7 Å². The molecule has 2 atom stereocenters. The Morgan fingerprint density at radius 2 is 2.17 bits per heavy atom. The number of carbonyl (C=O) groups excluding carboxylic acids is 1. The SMILES string of the molecule is CCCOc1cc(C)ccc1CNC(=O)[C@@H]1CCC[C@@H]1CN.Cl. The van der Waals surface area contributed by atoms with Crippen LogP contribution in [0.5, 0.6) is 5.75 Å². The molecule has 23 heavy (non-hydrogen) atoms. The van der Waals surface area contributed by atoms with E-state index < -0.39 is 0 Å². The smallest absolute Gasteiger partial charge is 0.223 e. The first-order chi connectivity index (χ1) is 10.7. The molecule has 2 rings (SSSR count). The zero-order valence-electron chi connectivity index (χ0n) is 14.1. The van der Waals surface area contributed by atoms with E-state index in [9.17, 15) is 4.79 Å². The molecule has 1 amide bonds. The molecule has 0 heterocycles. The van der Waals surface area contributed by atoms with Gasteiger partial charge in [0.15, 0.2) is 0 Å². The molecule has 0 radical (unpaired) electrons. The number of hydrogen-bond donors (Lipinski definition) is 2. The van der Waals surface area contributed by atoms with Crippen LogP contribution in [-0.2, 0) is 11.3 Å². The number of nitrogens with two attached hydrogens (primary N) is 1. The van der Waals surface area contributed by atoms with Crippen molar-refractivity contribution >= 4 is 18.3 Å². The molecule has 4 nitrogen and oxygen atoms in total. The molecule has 0 saturated heterocycles. The maximum atomic E-state index is 12.4. The maximum absolute atomic E-state index is 12.4. The predicted molar refractivity (Wildman–Crippen MR) is 95.9 cm³/mol. The Labute approximate surface area is 145 Å². The molecular weight excluding hydrogens is 312 g/mol. The van der Waals surface area contributed by atoms with Crippen LogP contribution in [0.4, 0.5) is 0 Å². The highest BCUT2D eigenvalue weighted by atomic mass is 35.5. The van der Waals surface area contributed by atoms with Crippen LogP contribution in [0.25, 0.3) is 0 Å². The quantitative estimate of drug-likeness (QED) is 0.801. The second-order valence-electron chi connectivity index (χ2n) is 6.21. The summed E-state index contributed by atoms with van der Waals surface area (Å²) in [4.78, 5) is 12.4. The highest BCUT2D eigenvalue weighted by Gasteiger charge is 2.31. The first-order valence-electron chi connectivity index (χ1n) is 8.35. The van der Waals surface area contributed by atoms with Gasteiger partial charge in [0.05, 0.1) is 6.61 Å². The van der Waals surface area contributed by atoms with Crippen molar-refractivity contribution < 1.29 is 9.53 Å². The fraction of sp³-hybridized carbons (Fsp3) is 0.611. The van der Waals surface area contributed by atoms with Gasteiger partial charge in [0.2, 0.25) is 5.91 Å². The topological polar surface area (TPSA) is 64.3 Å². The van der Waals surface area contributed by atoms with Crippen molar-refractivity contribution in [1.82, 2.24) is 5.32 Å². The van der Waals surface area contributed by atoms with Crippen LogP contribution in [-0.4, -0.2) is 19.1 Å². The van der Waals surface area contributed by atoms with Crippen LogP contribution in [0.3, 0.4) is 0 Å². The van der Waals surface area contributed by atoms with E-state index in [-0.39, 0.29) is 24.2 Å². The van der Waals surface area contributed by atoms with Gasteiger partial charge in [-0.1, -0.05) is 25.5 Å². The van der Waals surface area contributed by atoms with Crippen molar-refractivity contribution in [2.45, 2.75) is 46.1 Å². The largest absolute Gasteiger partial charge is 0.493 e. The van der Waals surface area contributed by atoms with E-state index in [0.717, 1.165) is 37.0 Å². The third-order valence-electron chi connectivity index (χ3n) is 4.44. The number of aryl methyl sites for hydroxylation is 1. The first kappa shape index (κ1) is 19.8. The molecule has 0 unspecified atom stereocenters. The fourth-order valence-electron chi connectivity index (χ4n) is 3.13. The van der Waals surface area contributed by atoms with Gasteiger partial charge in [-0.05, 0) is 50.3 Å². The number of halogens is 1. The van der Waals surface area contributed by atoms with Crippen LogP contribution >= 0.6 is 12.4 Å². The second-order valence-corrected chi connectivity index (χ2v) is 6.21. The highest BCUT2D eigenvalue weighted by Crippen LogP contribution is 2.31. The van der Waals surface area contributed by atoms with E-state index in [2.05, 4.69) is 18.3 Å². The third-order valence-corrected chi connectivity index (χ3v) is 4.44. The molecule has 0 bridgehead atoms. The zero-order chi connectivity index (χ0) is 15.9. The molecule has 1 aromatic rings. The summed E-state index contributed by atoms with van der Waals surface area (Å²) >= 11 is 0. The Morgan fingerprint density at radius 1 is 1.39 bits per heavy atom. The minimum absolute atomic E-state index is 0. The molecule has 0 aliphatic heterocycles. The standard InChI is InChI=1S/C18H28N2O2.ClH/c1-3-9-22-17-10-13(2)7-8-15(17)12-20-18(21)16-6-4-5-14(16)11-19;/h7-8,10,14,16H,3-6,9,11-12,19H2,1-2H3,(H,20,21);1H/t14-,16-;/m1./s1. The summed E-state index contributed by atoms with van der Waals surface area (Å²) in [6.07, 6.45) is 4.11. The summed E-state index contributed by atoms with van der Waals surface area (Å²) in [5.41, 5.74) is 7.97. The van der Waals surface area contributed by atoms with E-state index in [4.69, 9.17) is 10.5 Å². The van der Waals surface area contributed by atoms with Crippen molar-refractivity contribution in [3.05, 3.63) is 29.3 Å². The lowest BCUT2D eigenvalue weighted by atomic mass is 9.95. The Bertz CT molecular complexity index is 508. The van der Waals surface area contributed by atoms with Crippen LogP contribution in [0.15, 0.2) is 18.2 Å². The molecule has 1 fully saturated rings. The van der Waals surface area contributed by atoms with E-state index in [1.165, 1.54) is 5.56 Å². The normalized spacial score (nSPS) is 20.0. The minimum atomic E-state index is 0. The van der Waals surface area contributed by atoms with Crippen LogP contribution in [0.2, 0.25) is 0 Å². The average molecular weight is 341 g/mol. The summed E-state index contributed by atoms with van der Waals surface area (Å²) in [7, 11) is 0. The number of hydrogen-bond acceptors (Lipinski definition) is 3. The van der Waals surface area contributed by atoms with Crippen molar-refractivity contribution in [3.63, 3.8) is 0 Å². The Hall–Kier alpha value is -1.26. The molecule has 1 saturated carbocycles. The van der Waals surface area contributed by atoms with Crippen molar-refractivity contribution in [2.24, 2.45) is 17.6 Å². The van der Waals surface area contributed by atoms with Gasteiger partial charge in [0.1, 0.15) is 5.75 Å². The molecule has 3 N–H and O–H groups in total. The Morgan fingerprint density at radius 3 is 2.87 bits per heavy atom. The fourth-order valence-corrected chi connectivity index (χ4v) is 3.13. The molecule has 1 aliphatic carbocycles. The van der Waals surface area contributed by atoms with Gasteiger partial charge in [0, 0.05) is 18.0 Å². The molecular formula is C18H29ClN2O2. The van der Waals surface area contributed by atoms with Gasteiger partial charge < -0.3 is 15.8 Å². The lowest BCUT2D eigenvalue weighted by Crippen LogP contribution is -2.34. The summed E-state index contributed by atoms with van der Waals surface area (Å²) in [5, 5.41) is 3.07. The van der Waals surface area contributed by atoms with Gasteiger partial charge >= 0.3 is 0 Å². The van der Waals surface area contributed by atoms with Gasteiger partial charge in [-0.25, -0.2) is 0 Å². The van der Waals surface area contributed by atoms with Crippen LogP contribution < -0.4 is 15.8 Å². The molecule has 0 aromatic heterocycles. The van der Waals surface area contributed by atoms with Crippen molar-refractivity contribution in [1.29, 1.82) is 0 Å². The van der Waals surface area contributed by atoms with Crippen LogP contribution in [0, 0.1) is 18.8 Å². The van der Waals surface area contributed by atoms with Crippen molar-refractivity contribution in [3.8, 4) is 5.75 Å². The molecule has 130 valence electrons. The van der Waals surface area contributed by atoms with E-state index in [1.807, 2.05) is 19.1 Å².